The highest BCUT2D eigenvalue weighted by Crippen LogP contribution is 2.35. The minimum Gasteiger partial charge on any atom is -0.454 e. The second-order valence-corrected chi connectivity index (χ2v) is 5.88. The van der Waals surface area contributed by atoms with Crippen LogP contribution in [0.4, 0.5) is 5.82 Å². The molecule has 1 saturated heterocycles. The van der Waals surface area contributed by atoms with Gasteiger partial charge in [0.1, 0.15) is 43.3 Å². The van der Waals surface area contributed by atoms with Crippen molar-refractivity contribution in [1.29, 1.82) is 5.26 Å². The number of hydrogen-bond acceptors (Lipinski definition) is 4. The summed E-state index contributed by atoms with van der Waals surface area (Å²) in [5.74, 6) is 2.39. The molecule has 6 nitrogen and oxygen atoms in total. The summed E-state index contributed by atoms with van der Waals surface area (Å²) in [5.41, 5.74) is 1.63. The fourth-order valence-corrected chi connectivity index (χ4v) is 3.05. The van der Waals surface area contributed by atoms with Crippen LogP contribution < -0.4 is 24.3 Å². The second kappa shape index (κ2) is 5.04. The minimum absolute atomic E-state index is 0.255. The van der Waals surface area contributed by atoms with Gasteiger partial charge in [0.15, 0.2) is 11.5 Å². The molecule has 22 heavy (non-hydrogen) atoms. The Morgan fingerprint density at radius 2 is 1.91 bits per heavy atom. The number of benzene rings is 1. The van der Waals surface area contributed by atoms with E-state index in [0.717, 1.165) is 54.4 Å². The Balaban J connectivity index is 1.80. The second-order valence-electron chi connectivity index (χ2n) is 5.88. The van der Waals surface area contributed by atoms with E-state index >= 15 is 0 Å². The molecule has 0 spiro atoms. The van der Waals surface area contributed by atoms with E-state index in [9.17, 15) is 5.26 Å². The van der Waals surface area contributed by atoms with Gasteiger partial charge in [0.2, 0.25) is 6.79 Å². The van der Waals surface area contributed by atoms with Crippen molar-refractivity contribution in [3.8, 4) is 17.6 Å². The lowest BCUT2D eigenvalue weighted by Gasteiger charge is -2.26. The number of aromatic amines is 1. The molecule has 3 heterocycles. The van der Waals surface area contributed by atoms with E-state index in [-0.39, 0.29) is 6.79 Å². The number of ether oxygens (including phenoxy) is 2. The van der Waals surface area contributed by atoms with Gasteiger partial charge in [0.25, 0.3) is 5.82 Å². The van der Waals surface area contributed by atoms with E-state index in [0.29, 0.717) is 5.56 Å². The first-order valence-corrected chi connectivity index (χ1v) is 7.50. The zero-order valence-corrected chi connectivity index (χ0v) is 12.5. The molecular weight excluding hydrogens is 280 g/mol. The molecule has 0 saturated carbocycles. The van der Waals surface area contributed by atoms with Crippen LogP contribution in [0.25, 0.3) is 10.9 Å². The number of piperazine rings is 1. The van der Waals surface area contributed by atoms with Crippen molar-refractivity contribution in [2.45, 2.75) is 0 Å². The van der Waals surface area contributed by atoms with Crippen molar-refractivity contribution in [2.75, 3.05) is 44.9 Å². The fourth-order valence-electron chi connectivity index (χ4n) is 3.05. The third kappa shape index (κ3) is 2.11. The van der Waals surface area contributed by atoms with Gasteiger partial charge in [0.05, 0.1) is 7.05 Å². The molecule has 4 rings (SSSR count). The molecule has 0 atom stereocenters. The quantitative estimate of drug-likeness (QED) is 0.777. The molecular formula is C16H18N4O2+2. The Bertz CT molecular complexity index is 776. The number of nitrogens with one attached hydrogen (secondary N) is 2. The molecule has 0 aliphatic carbocycles. The maximum atomic E-state index is 9.50. The maximum absolute atomic E-state index is 9.50. The van der Waals surface area contributed by atoms with Crippen LogP contribution in [0.15, 0.2) is 18.2 Å². The summed E-state index contributed by atoms with van der Waals surface area (Å²) in [6.45, 7) is 4.32. The number of rotatable bonds is 1. The summed E-state index contributed by atoms with van der Waals surface area (Å²) in [6, 6.07) is 8.11. The van der Waals surface area contributed by atoms with Gasteiger partial charge in [-0.1, -0.05) is 0 Å². The Labute approximate surface area is 128 Å². The maximum Gasteiger partial charge on any atom is 0.293 e. The zero-order chi connectivity index (χ0) is 15.1. The number of anilines is 1. The van der Waals surface area contributed by atoms with Crippen molar-refractivity contribution in [1.82, 2.24) is 0 Å². The van der Waals surface area contributed by atoms with Gasteiger partial charge in [-0.05, 0) is 12.1 Å². The standard InChI is InChI=1S/C16H16N4O2/c1-19-2-4-20(5-3-19)16-12(9-17)6-11-7-14-15(22-10-21-14)8-13(11)18-16/h6-8H,2-5,10H2,1H3/p+2. The predicted octanol–water partition coefficient (Wildman–Crippen LogP) is -0.411. The smallest absolute Gasteiger partial charge is 0.293 e. The first-order valence-electron chi connectivity index (χ1n) is 7.50. The molecule has 0 bridgehead atoms. The average molecular weight is 298 g/mol. The summed E-state index contributed by atoms with van der Waals surface area (Å²) in [4.78, 5) is 7.21. The van der Waals surface area contributed by atoms with Gasteiger partial charge in [-0.2, -0.15) is 5.26 Å². The van der Waals surface area contributed by atoms with Crippen LogP contribution in [0.3, 0.4) is 0 Å². The van der Waals surface area contributed by atoms with Gasteiger partial charge >= 0.3 is 0 Å². The number of nitrogens with zero attached hydrogens (tertiary/aromatic N) is 2. The zero-order valence-electron chi connectivity index (χ0n) is 12.5. The van der Waals surface area contributed by atoms with Crippen LogP contribution >= 0.6 is 0 Å². The van der Waals surface area contributed by atoms with Gasteiger partial charge in [-0.25, -0.2) is 9.88 Å². The lowest BCUT2D eigenvalue weighted by atomic mass is 10.1. The summed E-state index contributed by atoms with van der Waals surface area (Å²) >= 11 is 0. The third-order valence-electron chi connectivity index (χ3n) is 4.41. The highest BCUT2D eigenvalue weighted by atomic mass is 16.7. The Morgan fingerprint density at radius 3 is 2.64 bits per heavy atom. The van der Waals surface area contributed by atoms with Crippen molar-refractivity contribution in [3.63, 3.8) is 0 Å². The van der Waals surface area contributed by atoms with Crippen LogP contribution in [0.5, 0.6) is 11.5 Å². The molecule has 2 aliphatic heterocycles. The summed E-state index contributed by atoms with van der Waals surface area (Å²) in [7, 11) is 2.20. The molecule has 1 fully saturated rings. The number of hydrogen-bond donors (Lipinski definition) is 1. The monoisotopic (exact) mass is 298 g/mol. The van der Waals surface area contributed by atoms with E-state index in [1.165, 1.54) is 4.90 Å². The third-order valence-corrected chi connectivity index (χ3v) is 4.41. The number of quaternary nitrogens is 1. The van der Waals surface area contributed by atoms with E-state index in [2.05, 4.69) is 23.0 Å². The molecule has 112 valence electrons. The number of likely N-dealkylation sites (N-methyl/N-ethyl adjacent to an activating group) is 1. The van der Waals surface area contributed by atoms with Crippen molar-refractivity contribution in [3.05, 3.63) is 23.8 Å². The number of aromatic nitrogens is 1. The van der Waals surface area contributed by atoms with E-state index in [4.69, 9.17) is 9.47 Å². The predicted molar refractivity (Wildman–Crippen MR) is 80.2 cm³/mol. The van der Waals surface area contributed by atoms with Crippen molar-refractivity contribution in [2.24, 2.45) is 0 Å². The van der Waals surface area contributed by atoms with Gasteiger partial charge < -0.3 is 14.4 Å². The fraction of sp³-hybridized carbons (Fsp3) is 0.375. The van der Waals surface area contributed by atoms with Crippen molar-refractivity contribution >= 4 is 16.7 Å². The molecule has 0 unspecified atom stereocenters. The topological polar surface area (TPSA) is 64.1 Å². The Kier molecular flexibility index (Phi) is 3.01. The Hall–Kier alpha value is -2.52. The molecule has 2 aromatic rings. The molecule has 1 aromatic carbocycles. The Morgan fingerprint density at radius 1 is 1.18 bits per heavy atom. The van der Waals surface area contributed by atoms with Gasteiger partial charge in [-0.15, -0.1) is 0 Å². The highest BCUT2D eigenvalue weighted by Gasteiger charge is 2.28. The summed E-state index contributed by atoms with van der Waals surface area (Å²) in [5, 5.41) is 10.5. The molecule has 6 heteroatoms. The first-order chi connectivity index (χ1) is 10.7. The number of nitriles is 1. The average Bonchev–Trinajstić information content (AvgIpc) is 2.99. The van der Waals surface area contributed by atoms with Crippen molar-refractivity contribution < 1.29 is 19.4 Å². The van der Waals surface area contributed by atoms with Gasteiger partial charge in [0, 0.05) is 11.5 Å². The molecule has 0 amide bonds. The highest BCUT2D eigenvalue weighted by molar-refractivity contribution is 5.83. The van der Waals surface area contributed by atoms with E-state index < -0.39 is 0 Å². The van der Waals surface area contributed by atoms with Crippen LogP contribution in [0.2, 0.25) is 0 Å². The minimum atomic E-state index is 0.255. The van der Waals surface area contributed by atoms with Gasteiger partial charge in [-0.3, -0.25) is 0 Å². The number of H-pyrrole nitrogens is 1. The van der Waals surface area contributed by atoms with Crippen LogP contribution in [0.1, 0.15) is 5.56 Å². The number of pyridine rings is 1. The largest absolute Gasteiger partial charge is 0.454 e. The molecule has 0 radical (unpaired) electrons. The van der Waals surface area contributed by atoms with Crippen LogP contribution in [0, 0.1) is 11.3 Å². The molecule has 1 aromatic heterocycles. The van der Waals surface area contributed by atoms with Crippen LogP contribution in [-0.4, -0.2) is 40.0 Å². The van der Waals surface area contributed by atoms with E-state index in [1.807, 2.05) is 18.2 Å². The lowest BCUT2D eigenvalue weighted by molar-refractivity contribution is -0.880. The summed E-state index contributed by atoms with van der Waals surface area (Å²) in [6.07, 6.45) is 0. The number of fused-ring (bicyclic) bond motifs is 2. The van der Waals surface area contributed by atoms with Crippen LogP contribution in [-0.2, 0) is 0 Å². The molecule has 2 aliphatic rings. The lowest BCUT2D eigenvalue weighted by Crippen LogP contribution is -3.12. The van der Waals surface area contributed by atoms with E-state index in [1.54, 1.807) is 0 Å². The normalized spacial score (nSPS) is 17.7. The first kappa shape index (κ1) is 13.2. The molecule has 2 N–H and O–H groups in total. The SMILES string of the molecule is C[NH+]1CCN(c2[nH+]c3cc4c(cc3cc2C#N)OCO4)CC1. The summed E-state index contributed by atoms with van der Waals surface area (Å²) < 4.78 is 10.8.